The second-order valence-corrected chi connectivity index (χ2v) is 5.94. The maximum atomic E-state index is 10.1. The fourth-order valence-electron chi connectivity index (χ4n) is 1.56. The van der Waals surface area contributed by atoms with Crippen molar-refractivity contribution in [3.8, 4) is 0 Å². The highest BCUT2D eigenvalue weighted by Crippen LogP contribution is 2.27. The van der Waals surface area contributed by atoms with Gasteiger partial charge in [-0.3, -0.25) is 0 Å². The van der Waals surface area contributed by atoms with Gasteiger partial charge in [-0.1, -0.05) is 52.1 Å². The first-order chi connectivity index (χ1) is 7.45. The fourth-order valence-corrected chi connectivity index (χ4v) is 2.89. The van der Waals surface area contributed by atoms with Gasteiger partial charge in [0.1, 0.15) is 0 Å². The molecule has 0 aliphatic rings. The maximum absolute atomic E-state index is 10.1. The van der Waals surface area contributed by atoms with E-state index in [0.29, 0.717) is 0 Å². The summed E-state index contributed by atoms with van der Waals surface area (Å²) in [5.41, 5.74) is 7.00. The lowest BCUT2D eigenvalue weighted by Crippen LogP contribution is -2.31. The molecule has 0 saturated carbocycles. The van der Waals surface area contributed by atoms with Gasteiger partial charge in [0.25, 0.3) is 0 Å². The Hall–Kier alpha value is 0.1000. The zero-order valence-electron chi connectivity index (χ0n) is 9.45. The van der Waals surface area contributed by atoms with Crippen LogP contribution in [0, 0.1) is 5.92 Å². The van der Waals surface area contributed by atoms with Gasteiger partial charge in [0, 0.05) is 8.95 Å². The van der Waals surface area contributed by atoms with E-state index < -0.39 is 6.10 Å². The van der Waals surface area contributed by atoms with Gasteiger partial charge >= 0.3 is 0 Å². The van der Waals surface area contributed by atoms with Gasteiger partial charge in [0.2, 0.25) is 0 Å². The van der Waals surface area contributed by atoms with Crippen molar-refractivity contribution < 1.29 is 5.11 Å². The molecule has 0 saturated heterocycles. The second kappa shape index (κ2) is 6.15. The lowest BCUT2D eigenvalue weighted by Gasteiger charge is -2.24. The van der Waals surface area contributed by atoms with Crippen LogP contribution in [0.5, 0.6) is 0 Å². The molecule has 0 aliphatic heterocycles. The Morgan fingerprint density at radius 3 is 2.19 bits per heavy atom. The van der Waals surface area contributed by atoms with Crippen LogP contribution in [0.25, 0.3) is 0 Å². The Balaban J connectivity index is 2.91. The monoisotopic (exact) mass is 349 g/mol. The van der Waals surface area contributed by atoms with Crippen molar-refractivity contribution in [2.75, 3.05) is 0 Å². The van der Waals surface area contributed by atoms with Crippen molar-refractivity contribution >= 4 is 31.9 Å². The number of hydrogen-bond acceptors (Lipinski definition) is 2. The highest BCUT2D eigenvalue weighted by Gasteiger charge is 2.22. The van der Waals surface area contributed by atoms with E-state index in [1.807, 2.05) is 25.1 Å². The van der Waals surface area contributed by atoms with E-state index in [4.69, 9.17) is 5.73 Å². The molecule has 16 heavy (non-hydrogen) atoms. The van der Waals surface area contributed by atoms with Crippen molar-refractivity contribution in [1.29, 1.82) is 0 Å². The van der Waals surface area contributed by atoms with E-state index in [9.17, 15) is 5.11 Å². The van der Waals surface area contributed by atoms with Crippen LogP contribution < -0.4 is 5.73 Å². The molecule has 1 unspecified atom stereocenters. The zero-order valence-corrected chi connectivity index (χ0v) is 12.6. The van der Waals surface area contributed by atoms with Gasteiger partial charge in [-0.05, 0) is 29.7 Å². The lowest BCUT2D eigenvalue weighted by atomic mass is 9.92. The van der Waals surface area contributed by atoms with Crippen LogP contribution in [0.15, 0.2) is 27.1 Å². The molecule has 0 spiro atoms. The summed E-state index contributed by atoms with van der Waals surface area (Å²) >= 11 is 6.83. The molecule has 3 atom stereocenters. The van der Waals surface area contributed by atoms with Gasteiger partial charge < -0.3 is 10.8 Å². The van der Waals surface area contributed by atoms with Crippen molar-refractivity contribution in [3.05, 3.63) is 32.7 Å². The molecule has 0 heterocycles. The average molecular weight is 351 g/mol. The van der Waals surface area contributed by atoms with E-state index in [1.54, 1.807) is 0 Å². The molecular weight excluding hydrogens is 334 g/mol. The summed E-state index contributed by atoms with van der Waals surface area (Å²) in [6.07, 6.45) is 0.413. The van der Waals surface area contributed by atoms with Gasteiger partial charge in [-0.2, -0.15) is 0 Å². The molecule has 1 aromatic carbocycles. The topological polar surface area (TPSA) is 46.2 Å². The summed E-state index contributed by atoms with van der Waals surface area (Å²) in [6, 6.07) is 5.50. The highest BCUT2D eigenvalue weighted by atomic mass is 79.9. The third kappa shape index (κ3) is 3.55. The van der Waals surface area contributed by atoms with Crippen molar-refractivity contribution in [2.24, 2.45) is 11.7 Å². The van der Waals surface area contributed by atoms with Crippen molar-refractivity contribution in [1.82, 2.24) is 0 Å². The molecule has 1 rings (SSSR count). The SMILES string of the molecule is CCC(C)[C@@H](O)[C@@H](N)c1cc(Br)cc(Br)c1. The normalized spacial score (nSPS) is 16.9. The minimum absolute atomic E-state index is 0.202. The van der Waals surface area contributed by atoms with Gasteiger partial charge in [0.05, 0.1) is 12.1 Å². The minimum atomic E-state index is -0.508. The molecule has 2 nitrogen and oxygen atoms in total. The van der Waals surface area contributed by atoms with Gasteiger partial charge in [-0.15, -0.1) is 0 Å². The zero-order chi connectivity index (χ0) is 12.3. The van der Waals surface area contributed by atoms with Gasteiger partial charge in [0.15, 0.2) is 0 Å². The number of halogens is 2. The molecule has 0 aliphatic carbocycles. The van der Waals surface area contributed by atoms with Crippen LogP contribution in [-0.4, -0.2) is 11.2 Å². The molecule has 0 radical (unpaired) electrons. The number of nitrogens with two attached hydrogens (primary N) is 1. The first kappa shape index (κ1) is 14.2. The minimum Gasteiger partial charge on any atom is -0.391 e. The number of aliphatic hydroxyl groups is 1. The second-order valence-electron chi connectivity index (χ2n) is 4.10. The largest absolute Gasteiger partial charge is 0.391 e. The summed E-state index contributed by atoms with van der Waals surface area (Å²) in [5.74, 6) is 0.202. The lowest BCUT2D eigenvalue weighted by molar-refractivity contribution is 0.0879. The summed E-state index contributed by atoms with van der Waals surface area (Å²) in [6.45, 7) is 4.06. The highest BCUT2D eigenvalue weighted by molar-refractivity contribution is 9.11. The number of benzene rings is 1. The average Bonchev–Trinajstić information content (AvgIpc) is 2.24. The van der Waals surface area contributed by atoms with Crippen LogP contribution in [0.1, 0.15) is 31.9 Å². The Labute approximate surface area is 113 Å². The molecule has 0 fully saturated rings. The summed E-state index contributed by atoms with van der Waals surface area (Å²) < 4.78 is 1.92. The van der Waals surface area contributed by atoms with E-state index >= 15 is 0 Å². The summed E-state index contributed by atoms with van der Waals surface area (Å²) in [4.78, 5) is 0. The van der Waals surface area contributed by atoms with E-state index in [1.165, 1.54) is 0 Å². The molecule has 0 amide bonds. The van der Waals surface area contributed by atoms with Crippen LogP contribution in [0.3, 0.4) is 0 Å². The van der Waals surface area contributed by atoms with Crippen LogP contribution in [0.2, 0.25) is 0 Å². The Kier molecular flexibility index (Phi) is 5.44. The third-order valence-corrected chi connectivity index (χ3v) is 3.78. The Morgan fingerprint density at radius 2 is 1.75 bits per heavy atom. The number of hydrogen-bond donors (Lipinski definition) is 2. The fraction of sp³-hybridized carbons (Fsp3) is 0.500. The maximum Gasteiger partial charge on any atom is 0.0758 e. The van der Waals surface area contributed by atoms with Crippen molar-refractivity contribution in [3.63, 3.8) is 0 Å². The predicted molar refractivity (Wildman–Crippen MR) is 74.2 cm³/mol. The van der Waals surface area contributed by atoms with Gasteiger partial charge in [-0.25, -0.2) is 0 Å². The quantitative estimate of drug-likeness (QED) is 0.871. The molecular formula is C12H17Br2NO. The summed E-state index contributed by atoms with van der Waals surface area (Å²) in [5, 5.41) is 10.1. The van der Waals surface area contributed by atoms with Crippen LogP contribution >= 0.6 is 31.9 Å². The Bertz CT molecular complexity index is 337. The van der Waals surface area contributed by atoms with Crippen LogP contribution in [-0.2, 0) is 0 Å². The van der Waals surface area contributed by atoms with E-state index in [2.05, 4.69) is 38.8 Å². The smallest absolute Gasteiger partial charge is 0.0758 e. The Morgan fingerprint density at radius 1 is 1.25 bits per heavy atom. The van der Waals surface area contributed by atoms with E-state index in [-0.39, 0.29) is 12.0 Å². The van der Waals surface area contributed by atoms with Crippen LogP contribution in [0.4, 0.5) is 0 Å². The molecule has 90 valence electrons. The van der Waals surface area contributed by atoms with E-state index in [0.717, 1.165) is 20.9 Å². The van der Waals surface area contributed by atoms with Crippen molar-refractivity contribution in [2.45, 2.75) is 32.4 Å². The molecule has 4 heteroatoms. The first-order valence-electron chi connectivity index (χ1n) is 5.35. The molecule has 3 N–H and O–H groups in total. The standard InChI is InChI=1S/C12H17Br2NO/c1-3-7(2)12(16)11(15)8-4-9(13)6-10(14)5-8/h4-7,11-12,16H,3,15H2,1-2H3/t7?,11-,12+/m0/s1. The number of rotatable bonds is 4. The summed E-state index contributed by atoms with van der Waals surface area (Å²) in [7, 11) is 0. The number of aliphatic hydroxyl groups excluding tert-OH is 1. The molecule has 1 aromatic rings. The molecule has 0 aromatic heterocycles. The first-order valence-corrected chi connectivity index (χ1v) is 6.94. The predicted octanol–water partition coefficient (Wildman–Crippen LogP) is 3.62. The molecule has 0 bridgehead atoms. The third-order valence-electron chi connectivity index (χ3n) is 2.86.